The summed E-state index contributed by atoms with van der Waals surface area (Å²) < 4.78 is 64.4. The molecule has 0 atom stereocenters. The van der Waals surface area contributed by atoms with Crippen molar-refractivity contribution in [3.05, 3.63) is 116 Å². The van der Waals surface area contributed by atoms with E-state index >= 15 is 0 Å². The molecule has 5 aromatic carbocycles. The van der Waals surface area contributed by atoms with Crippen LogP contribution in [0.3, 0.4) is 0 Å². The average Bonchev–Trinajstić information content (AvgIpc) is 1.29. The van der Waals surface area contributed by atoms with E-state index in [0.29, 0.717) is 55.6 Å². The normalized spacial score (nSPS) is 10.6. The number of carboxylic acids is 10. The van der Waals surface area contributed by atoms with E-state index in [1.165, 1.54) is 0 Å². The predicted molar refractivity (Wildman–Crippen MR) is 344 cm³/mol. The van der Waals surface area contributed by atoms with Crippen LogP contribution in [0.4, 0.5) is 0 Å². The van der Waals surface area contributed by atoms with E-state index in [1.54, 1.807) is 60.7 Å². The molecule has 115 heavy (non-hydrogen) atoms. The van der Waals surface area contributed by atoms with E-state index in [-0.39, 0.29) is 515 Å². The summed E-state index contributed by atoms with van der Waals surface area (Å²) >= 11 is 0. The number of carbonyl (C=O) groups is 10. The van der Waals surface area contributed by atoms with Gasteiger partial charge in [0.15, 0.2) is 0 Å². The topological polar surface area (TPSA) is 494 Å². The second-order valence-electron chi connectivity index (χ2n) is 24.5. The van der Waals surface area contributed by atoms with Crippen LogP contribution in [-0.2, 0) is 80.0 Å². The van der Waals surface area contributed by atoms with E-state index < -0.39 is 124 Å². The molecule has 0 N–H and O–H groups in total. The Bertz CT molecular complexity index is 3060. The molecule has 0 amide bonds. The zero-order chi connectivity index (χ0) is 76.2. The molecule has 0 fully saturated rings. The van der Waals surface area contributed by atoms with Crippen LogP contribution >= 0.6 is 0 Å². The third kappa shape index (κ3) is 48.6. The standard InChI is InChI=1S/C75H90O30.10Na/c76-66(77)11-1-21-96-56-36-47-32-49-39-61(101-26-6-16-71(86)87)51(41-60(49)100-25-5-15-70(84)85)34-53-43-65(105-30-10-20-75(94)95)55(45-64(53)104-29-9-19-74(92)93)35-54-44-62(102-27-7-17-72(88)89)52(42-63(54)103-28-8-18-73(90)91)33-50-40-58(98-23-3-13-68(80)81)48(38-59(50)99-24-4-14-69(82)83)31-46(56)37-57(47)97-22-2-12-67(78)79;;;;;;;;;;/h36-45H,1-35H2,(H,76,77)(H,78,79)(H,80,81)(H,82,83)(H,84,85)(H,86,87)(H,88,89)(H,90,91)(H,92,93)(H,94,95);;;;;;;;;;/q;10*+1/p-10. The van der Waals surface area contributed by atoms with Crippen LogP contribution in [0.5, 0.6) is 57.5 Å². The maximum absolute atomic E-state index is 11.8. The molecule has 10 bridgehead atoms. The van der Waals surface area contributed by atoms with Gasteiger partial charge in [-0.25, -0.2) is 0 Å². The number of benzene rings is 5. The molecule has 0 saturated heterocycles. The van der Waals surface area contributed by atoms with Gasteiger partial charge >= 0.3 is 296 Å². The van der Waals surface area contributed by atoms with Crippen LogP contribution in [0.1, 0.15) is 184 Å². The largest absolute Gasteiger partial charge is 1.00 e. The summed E-state index contributed by atoms with van der Waals surface area (Å²) in [5.74, 6) is -12.8. The summed E-state index contributed by atoms with van der Waals surface area (Å²) in [5, 5.41) is 118. The number of rotatable bonds is 50. The number of aliphatic carboxylic acids is 10. The second kappa shape index (κ2) is 68.2. The fraction of sp³-hybridized carbons (Fsp3) is 0.467. The summed E-state index contributed by atoms with van der Waals surface area (Å²) in [4.78, 5) is 118. The van der Waals surface area contributed by atoms with Gasteiger partial charge in [0, 0.05) is 147 Å². The SMILES string of the molecule is O=C([O-])CCCOc1cc2c(OCCCC(=O)[O-])cc1Cc1cc(OCCCC(=O)[O-])c(cc1OCCCC(=O)[O-])Cc1cc(OCCCC(=O)[O-])c(cc1OCCCC(=O)[O-])Cc1cc(OCCCC(=O)[O-])c(cc1OCCCC(=O)[O-])Cc1cc(OCCCC(=O)[O-])c(cc1OCCCC(=O)[O-])C2.[Na+].[Na+].[Na+].[Na+].[Na+].[Na+].[Na+].[Na+].[Na+].[Na+]. The molecule has 15 rings (SSSR count). The molecule has 40 heteroatoms. The van der Waals surface area contributed by atoms with Gasteiger partial charge < -0.3 is 146 Å². The molecule has 570 valence electrons. The van der Waals surface area contributed by atoms with Crippen LogP contribution in [0.15, 0.2) is 60.7 Å². The van der Waals surface area contributed by atoms with Gasteiger partial charge in [-0.15, -0.1) is 0 Å². The number of hydrogen-bond donors (Lipinski definition) is 0. The molecule has 10 aliphatic carbocycles. The predicted octanol–water partition coefficient (Wildman–Crippen LogP) is -32.9. The third-order valence-electron chi connectivity index (χ3n) is 16.0. The van der Waals surface area contributed by atoms with Crippen molar-refractivity contribution >= 4 is 59.7 Å². The first-order chi connectivity index (χ1) is 50.3. The maximum atomic E-state index is 11.8. The minimum atomic E-state index is -1.38. The maximum Gasteiger partial charge on any atom is 1.00 e. The fourth-order valence-corrected chi connectivity index (χ4v) is 11.0. The Morgan fingerprint density at radius 2 is 0.252 bits per heavy atom. The smallest absolute Gasteiger partial charge is 0.550 e. The molecule has 0 saturated carbocycles. The Labute approximate surface area is 888 Å². The van der Waals surface area contributed by atoms with Crippen molar-refractivity contribution in [2.75, 3.05) is 66.1 Å². The zero-order valence-electron chi connectivity index (χ0n) is 67.8. The molecule has 0 unspecified atom stereocenters. The van der Waals surface area contributed by atoms with Gasteiger partial charge in [0.1, 0.15) is 57.5 Å². The van der Waals surface area contributed by atoms with Gasteiger partial charge in [0.25, 0.3) is 0 Å². The molecular formula is C75H80Na10O30. The van der Waals surface area contributed by atoms with E-state index in [0.717, 1.165) is 0 Å². The van der Waals surface area contributed by atoms with Gasteiger partial charge in [-0.1, -0.05) is 0 Å². The van der Waals surface area contributed by atoms with Crippen molar-refractivity contribution in [1.82, 2.24) is 0 Å². The first kappa shape index (κ1) is 122. The minimum Gasteiger partial charge on any atom is -0.550 e. The monoisotopic (exact) mass is 1690 g/mol. The molecular weight excluding hydrogens is 1610 g/mol. The van der Waals surface area contributed by atoms with Crippen molar-refractivity contribution in [1.29, 1.82) is 0 Å². The Hall–Kier alpha value is -1.20. The number of carboxylic acid groups (broad SMARTS) is 10. The Morgan fingerprint density at radius 1 is 0.174 bits per heavy atom. The van der Waals surface area contributed by atoms with Crippen LogP contribution in [0, 0.1) is 0 Å². The van der Waals surface area contributed by atoms with Gasteiger partial charge in [0.2, 0.25) is 0 Å². The second-order valence-corrected chi connectivity index (χ2v) is 24.5. The molecule has 0 heterocycles. The third-order valence-corrected chi connectivity index (χ3v) is 16.0. The van der Waals surface area contributed by atoms with Gasteiger partial charge in [0.05, 0.1) is 66.1 Å². The molecule has 0 radical (unpaired) electrons. The Kier molecular flexibility index (Phi) is 72.5. The zero-order valence-corrected chi connectivity index (χ0v) is 87.8. The number of carbonyl (C=O) groups excluding carboxylic acids is 10. The molecule has 0 spiro atoms. The van der Waals surface area contributed by atoms with Crippen LogP contribution in [0.25, 0.3) is 0 Å². The molecule has 10 aliphatic rings. The first-order valence-corrected chi connectivity index (χ1v) is 34.4. The molecule has 0 aliphatic heterocycles. The Balaban J connectivity index is -0.00000403. The van der Waals surface area contributed by atoms with E-state index in [9.17, 15) is 99.0 Å². The Morgan fingerprint density at radius 3 is 0.322 bits per heavy atom. The van der Waals surface area contributed by atoms with Gasteiger partial charge in [-0.3, -0.25) is 0 Å². The first-order valence-electron chi connectivity index (χ1n) is 34.4. The van der Waals surface area contributed by atoms with Crippen molar-refractivity contribution in [3.63, 3.8) is 0 Å². The summed E-state index contributed by atoms with van der Waals surface area (Å²) in [7, 11) is 0. The van der Waals surface area contributed by atoms with Crippen molar-refractivity contribution < 1.29 is 442 Å². The molecule has 0 aromatic heterocycles. The van der Waals surface area contributed by atoms with Gasteiger partial charge in [-0.05, 0) is 189 Å². The molecule has 5 aromatic rings. The minimum absolute atomic E-state index is 0. The van der Waals surface area contributed by atoms with Gasteiger partial charge in [-0.2, -0.15) is 0 Å². The van der Waals surface area contributed by atoms with Crippen molar-refractivity contribution in [2.45, 2.75) is 161 Å². The fourth-order valence-electron chi connectivity index (χ4n) is 11.0. The van der Waals surface area contributed by atoms with Crippen LogP contribution in [0.2, 0.25) is 0 Å². The summed E-state index contributed by atoms with van der Waals surface area (Å²) in [6, 6.07) is 15.7. The van der Waals surface area contributed by atoms with Crippen LogP contribution < -0.4 is 394 Å². The summed E-state index contributed by atoms with van der Waals surface area (Å²) in [5.41, 5.74) is 3.08. The number of hydrogen-bond acceptors (Lipinski definition) is 30. The van der Waals surface area contributed by atoms with Crippen molar-refractivity contribution in [2.24, 2.45) is 0 Å². The van der Waals surface area contributed by atoms with Crippen molar-refractivity contribution in [3.8, 4) is 57.5 Å². The molecule has 30 nitrogen and oxygen atoms in total. The quantitative estimate of drug-likeness (QED) is 0.0253. The number of ether oxygens (including phenoxy) is 10. The van der Waals surface area contributed by atoms with Crippen LogP contribution in [-0.4, -0.2) is 126 Å². The summed E-state index contributed by atoms with van der Waals surface area (Å²) in [6.07, 6.45) is -6.03. The van der Waals surface area contributed by atoms with E-state index in [2.05, 4.69) is 0 Å². The van der Waals surface area contributed by atoms with E-state index in [4.69, 9.17) is 47.4 Å². The average molecular weight is 1690 g/mol. The summed E-state index contributed by atoms with van der Waals surface area (Å²) in [6.45, 7) is -2.31. The van der Waals surface area contributed by atoms with E-state index in [1.807, 2.05) is 0 Å².